The molecule has 1 atom stereocenters. The number of aliphatic hydroxyl groups is 1. The van der Waals surface area contributed by atoms with Crippen LogP contribution in [0.3, 0.4) is 0 Å². The first-order valence-electron chi connectivity index (χ1n) is 6.42. The van der Waals surface area contributed by atoms with Gasteiger partial charge < -0.3 is 10.4 Å². The Morgan fingerprint density at radius 3 is 2.48 bits per heavy atom. The Morgan fingerprint density at radius 1 is 1.14 bits per heavy atom. The van der Waals surface area contributed by atoms with E-state index in [4.69, 9.17) is 23.2 Å². The summed E-state index contributed by atoms with van der Waals surface area (Å²) in [4.78, 5) is 12.1. The van der Waals surface area contributed by atoms with Crippen LogP contribution in [0, 0.1) is 0 Å². The lowest BCUT2D eigenvalue weighted by Gasteiger charge is -2.24. The number of benzene rings is 2. The van der Waals surface area contributed by atoms with E-state index in [9.17, 15) is 9.90 Å². The maximum Gasteiger partial charge on any atom is 0.252 e. The molecule has 2 aromatic carbocycles. The van der Waals surface area contributed by atoms with Gasteiger partial charge in [-0.25, -0.2) is 0 Å². The Kier molecular flexibility index (Phi) is 4.88. The van der Waals surface area contributed by atoms with Gasteiger partial charge in [-0.3, -0.25) is 4.79 Å². The van der Waals surface area contributed by atoms with Crippen molar-refractivity contribution in [2.75, 3.05) is 6.54 Å². The molecule has 2 aromatic rings. The van der Waals surface area contributed by atoms with Crippen LogP contribution >= 0.6 is 23.2 Å². The normalized spacial score (nSPS) is 13.5. The van der Waals surface area contributed by atoms with Gasteiger partial charge in [0.15, 0.2) is 0 Å². The molecule has 0 saturated heterocycles. The summed E-state index contributed by atoms with van der Waals surface area (Å²) < 4.78 is 0. The molecule has 0 fully saturated rings. The second kappa shape index (κ2) is 6.48. The quantitative estimate of drug-likeness (QED) is 0.902. The van der Waals surface area contributed by atoms with Crippen LogP contribution in [0.4, 0.5) is 0 Å². The van der Waals surface area contributed by atoms with Gasteiger partial charge in [-0.05, 0) is 24.6 Å². The van der Waals surface area contributed by atoms with E-state index in [1.165, 1.54) is 0 Å². The summed E-state index contributed by atoms with van der Waals surface area (Å²) in [7, 11) is 0. The summed E-state index contributed by atoms with van der Waals surface area (Å²) in [5.74, 6) is -0.376. The molecule has 0 radical (unpaired) electrons. The van der Waals surface area contributed by atoms with E-state index >= 15 is 0 Å². The van der Waals surface area contributed by atoms with Gasteiger partial charge in [0, 0.05) is 0 Å². The maximum atomic E-state index is 12.1. The van der Waals surface area contributed by atoms with Gasteiger partial charge in [0.1, 0.15) is 5.60 Å². The molecule has 21 heavy (non-hydrogen) atoms. The van der Waals surface area contributed by atoms with E-state index < -0.39 is 5.60 Å². The molecule has 0 aromatic heterocycles. The number of halogens is 2. The summed E-state index contributed by atoms with van der Waals surface area (Å²) in [5.41, 5.74) is -0.155. The SMILES string of the molecule is CC(O)(CNC(=O)c1cccc(Cl)c1Cl)c1ccccc1. The van der Waals surface area contributed by atoms with Gasteiger partial charge in [-0.15, -0.1) is 0 Å². The first kappa shape index (κ1) is 15.8. The lowest BCUT2D eigenvalue weighted by atomic mass is 9.96. The van der Waals surface area contributed by atoms with E-state index in [0.717, 1.165) is 5.56 Å². The Balaban J connectivity index is 2.09. The van der Waals surface area contributed by atoms with Crippen LogP contribution in [0.2, 0.25) is 10.0 Å². The van der Waals surface area contributed by atoms with Crippen LogP contribution in [0.1, 0.15) is 22.8 Å². The standard InChI is InChI=1S/C16H15Cl2NO2/c1-16(21,11-6-3-2-4-7-11)10-19-15(20)12-8-5-9-13(17)14(12)18/h2-9,21H,10H2,1H3,(H,19,20). The molecule has 0 heterocycles. The predicted molar refractivity (Wildman–Crippen MR) is 84.8 cm³/mol. The van der Waals surface area contributed by atoms with E-state index in [-0.39, 0.29) is 23.0 Å². The van der Waals surface area contributed by atoms with Crippen molar-refractivity contribution < 1.29 is 9.90 Å². The Morgan fingerprint density at radius 2 is 1.81 bits per heavy atom. The fourth-order valence-corrected chi connectivity index (χ4v) is 2.31. The van der Waals surface area contributed by atoms with Crippen molar-refractivity contribution in [3.63, 3.8) is 0 Å². The number of hydrogen-bond donors (Lipinski definition) is 2. The molecular weight excluding hydrogens is 309 g/mol. The summed E-state index contributed by atoms with van der Waals surface area (Å²) in [6, 6.07) is 14.0. The number of hydrogen-bond acceptors (Lipinski definition) is 2. The fraction of sp³-hybridized carbons (Fsp3) is 0.188. The second-order valence-corrected chi connectivity index (χ2v) is 5.71. The molecule has 2 rings (SSSR count). The highest BCUT2D eigenvalue weighted by Crippen LogP contribution is 2.26. The minimum Gasteiger partial charge on any atom is -0.384 e. The molecule has 0 bridgehead atoms. The van der Waals surface area contributed by atoms with Crippen molar-refractivity contribution >= 4 is 29.1 Å². The molecule has 5 heteroatoms. The topological polar surface area (TPSA) is 49.3 Å². The molecule has 0 spiro atoms. The van der Waals surface area contributed by atoms with Gasteiger partial charge in [-0.1, -0.05) is 59.6 Å². The molecule has 1 amide bonds. The number of nitrogens with one attached hydrogen (secondary N) is 1. The summed E-state index contributed by atoms with van der Waals surface area (Å²) in [5, 5.41) is 13.6. The summed E-state index contributed by atoms with van der Waals surface area (Å²) in [6.45, 7) is 1.71. The van der Waals surface area contributed by atoms with Crippen LogP contribution in [-0.4, -0.2) is 17.6 Å². The van der Waals surface area contributed by atoms with Crippen LogP contribution in [-0.2, 0) is 5.60 Å². The molecule has 3 nitrogen and oxygen atoms in total. The number of rotatable bonds is 4. The smallest absolute Gasteiger partial charge is 0.252 e. The Bertz CT molecular complexity index is 642. The highest BCUT2D eigenvalue weighted by Gasteiger charge is 2.24. The van der Waals surface area contributed by atoms with E-state index in [2.05, 4.69) is 5.32 Å². The van der Waals surface area contributed by atoms with Crippen molar-refractivity contribution in [1.29, 1.82) is 0 Å². The first-order valence-corrected chi connectivity index (χ1v) is 7.17. The predicted octanol–water partition coefficient (Wildman–Crippen LogP) is 3.63. The first-order chi connectivity index (χ1) is 9.92. The maximum absolute atomic E-state index is 12.1. The zero-order valence-corrected chi connectivity index (χ0v) is 12.9. The van der Waals surface area contributed by atoms with Crippen LogP contribution in [0.25, 0.3) is 0 Å². The molecule has 1 unspecified atom stereocenters. The van der Waals surface area contributed by atoms with Crippen LogP contribution in [0.15, 0.2) is 48.5 Å². The number of carbonyl (C=O) groups is 1. The average Bonchev–Trinajstić information content (AvgIpc) is 2.49. The number of carbonyl (C=O) groups excluding carboxylic acids is 1. The van der Waals surface area contributed by atoms with E-state index in [1.54, 1.807) is 37.3 Å². The average molecular weight is 324 g/mol. The lowest BCUT2D eigenvalue weighted by molar-refractivity contribution is 0.0526. The van der Waals surface area contributed by atoms with Gasteiger partial charge in [0.2, 0.25) is 0 Å². The molecule has 110 valence electrons. The highest BCUT2D eigenvalue weighted by molar-refractivity contribution is 6.43. The summed E-state index contributed by atoms with van der Waals surface area (Å²) in [6.07, 6.45) is 0. The molecule has 0 aliphatic rings. The monoisotopic (exact) mass is 323 g/mol. The third-order valence-electron chi connectivity index (χ3n) is 3.19. The zero-order valence-electron chi connectivity index (χ0n) is 11.4. The Hall–Kier alpha value is -1.55. The van der Waals surface area contributed by atoms with Crippen molar-refractivity contribution in [3.05, 3.63) is 69.7 Å². The molecular formula is C16H15Cl2NO2. The minimum atomic E-state index is -1.16. The zero-order chi connectivity index (χ0) is 15.5. The summed E-state index contributed by atoms with van der Waals surface area (Å²) >= 11 is 11.9. The van der Waals surface area contributed by atoms with Crippen LogP contribution < -0.4 is 5.32 Å². The third-order valence-corrected chi connectivity index (χ3v) is 4.00. The van der Waals surface area contributed by atoms with Crippen LogP contribution in [0.5, 0.6) is 0 Å². The van der Waals surface area contributed by atoms with Crippen molar-refractivity contribution in [1.82, 2.24) is 5.32 Å². The van der Waals surface area contributed by atoms with Crippen molar-refractivity contribution in [3.8, 4) is 0 Å². The van der Waals surface area contributed by atoms with Crippen molar-refractivity contribution in [2.24, 2.45) is 0 Å². The molecule has 0 saturated carbocycles. The van der Waals surface area contributed by atoms with Gasteiger partial charge >= 0.3 is 0 Å². The third kappa shape index (κ3) is 3.76. The molecule has 2 N–H and O–H groups in total. The van der Waals surface area contributed by atoms with Gasteiger partial charge in [0.25, 0.3) is 5.91 Å². The number of amides is 1. The molecule has 0 aliphatic carbocycles. The molecule has 0 aliphatic heterocycles. The lowest BCUT2D eigenvalue weighted by Crippen LogP contribution is -2.38. The largest absolute Gasteiger partial charge is 0.384 e. The van der Waals surface area contributed by atoms with Gasteiger partial charge in [0.05, 0.1) is 22.2 Å². The van der Waals surface area contributed by atoms with Crippen molar-refractivity contribution in [2.45, 2.75) is 12.5 Å². The highest BCUT2D eigenvalue weighted by atomic mass is 35.5. The second-order valence-electron chi connectivity index (χ2n) is 4.92. The fourth-order valence-electron chi connectivity index (χ4n) is 1.93. The van der Waals surface area contributed by atoms with Gasteiger partial charge in [-0.2, -0.15) is 0 Å². The Labute approximate surface area is 133 Å². The van der Waals surface area contributed by atoms with E-state index in [0.29, 0.717) is 5.02 Å². The minimum absolute atomic E-state index is 0.0681. The van der Waals surface area contributed by atoms with E-state index in [1.807, 2.05) is 18.2 Å².